The normalized spacial score (nSPS) is 20.1. The number of rotatable bonds is 4. The van der Waals surface area contributed by atoms with E-state index < -0.39 is 16.1 Å². The number of hydrazine groups is 1. The van der Waals surface area contributed by atoms with Gasteiger partial charge < -0.3 is 10.4 Å². The molecule has 0 radical (unpaired) electrons. The van der Waals surface area contributed by atoms with Crippen molar-refractivity contribution >= 4 is 21.6 Å². The smallest absolute Gasteiger partial charge is 0.242 e. The van der Waals surface area contributed by atoms with Crippen molar-refractivity contribution in [3.05, 3.63) is 53.6 Å². The number of anilines is 1. The van der Waals surface area contributed by atoms with Crippen molar-refractivity contribution in [1.29, 1.82) is 0 Å². The van der Waals surface area contributed by atoms with Gasteiger partial charge >= 0.3 is 0 Å². The maximum Gasteiger partial charge on any atom is 0.242 e. The molecular formula is C17H20N4O4S. The minimum atomic E-state index is -3.77. The van der Waals surface area contributed by atoms with Crippen LogP contribution in [0.25, 0.3) is 0 Å². The van der Waals surface area contributed by atoms with Crippen molar-refractivity contribution in [1.82, 2.24) is 10.9 Å². The number of aromatic hydroxyl groups is 1. The van der Waals surface area contributed by atoms with Crippen LogP contribution < -0.4 is 21.3 Å². The number of sulfonamides is 1. The van der Waals surface area contributed by atoms with Crippen LogP contribution in [0.15, 0.2) is 47.4 Å². The first kappa shape index (κ1) is 18.3. The zero-order valence-electron chi connectivity index (χ0n) is 14.1. The van der Waals surface area contributed by atoms with Crippen molar-refractivity contribution in [3.63, 3.8) is 0 Å². The summed E-state index contributed by atoms with van der Waals surface area (Å²) in [5, 5.41) is 17.8. The zero-order valence-corrected chi connectivity index (χ0v) is 14.9. The van der Waals surface area contributed by atoms with Crippen LogP contribution in [0.3, 0.4) is 0 Å². The van der Waals surface area contributed by atoms with Gasteiger partial charge in [0.1, 0.15) is 11.8 Å². The highest BCUT2D eigenvalue weighted by Gasteiger charge is 2.31. The summed E-state index contributed by atoms with van der Waals surface area (Å²) < 4.78 is 22.5. The molecular weight excluding hydrogens is 356 g/mol. The molecule has 3 rings (SSSR count). The van der Waals surface area contributed by atoms with E-state index >= 15 is 0 Å². The number of carbonyl (C=O) groups is 1. The fraction of sp³-hybridized carbons (Fsp3) is 0.235. The second kappa shape index (κ2) is 7.04. The second-order valence-electron chi connectivity index (χ2n) is 6.25. The Bertz CT molecular complexity index is 928. The molecule has 0 bridgehead atoms. The lowest BCUT2D eigenvalue weighted by Crippen LogP contribution is -2.39. The fourth-order valence-electron chi connectivity index (χ4n) is 2.84. The van der Waals surface area contributed by atoms with E-state index in [1.807, 2.05) is 19.1 Å². The largest absolute Gasteiger partial charge is 0.508 e. The van der Waals surface area contributed by atoms with Crippen LogP contribution in [0.1, 0.15) is 23.6 Å². The molecule has 1 aliphatic heterocycles. The number of phenols is 1. The van der Waals surface area contributed by atoms with Crippen LogP contribution in [0.5, 0.6) is 5.75 Å². The molecule has 8 nitrogen and oxygen atoms in total. The molecule has 2 aromatic rings. The van der Waals surface area contributed by atoms with E-state index in [1.54, 1.807) is 6.07 Å². The molecule has 2 unspecified atom stereocenters. The van der Waals surface area contributed by atoms with Gasteiger partial charge in [0.2, 0.25) is 15.9 Å². The topological polar surface area (TPSA) is 134 Å². The average Bonchev–Trinajstić information content (AvgIpc) is 3.07. The maximum atomic E-state index is 12.4. The van der Waals surface area contributed by atoms with Gasteiger partial charge in [-0.15, -0.1) is 0 Å². The Morgan fingerprint density at radius 3 is 2.54 bits per heavy atom. The summed E-state index contributed by atoms with van der Waals surface area (Å²) in [4.78, 5) is 12.4. The first-order chi connectivity index (χ1) is 12.2. The number of nitrogens with two attached hydrogens (primary N) is 1. The monoisotopic (exact) mass is 376 g/mol. The predicted molar refractivity (Wildman–Crippen MR) is 96.7 cm³/mol. The molecule has 0 aromatic heterocycles. The van der Waals surface area contributed by atoms with Gasteiger partial charge in [-0.05, 0) is 43.7 Å². The molecule has 0 aliphatic carbocycles. The number of nitrogens with one attached hydrogen (secondary N) is 3. The van der Waals surface area contributed by atoms with E-state index in [2.05, 4.69) is 16.2 Å². The van der Waals surface area contributed by atoms with E-state index in [-0.39, 0.29) is 22.6 Å². The van der Waals surface area contributed by atoms with Crippen LogP contribution in [-0.2, 0) is 14.8 Å². The lowest BCUT2D eigenvalue weighted by atomic mass is 9.99. The number of benzene rings is 2. The number of hydrogen-bond donors (Lipinski definition) is 5. The minimum Gasteiger partial charge on any atom is -0.508 e. The first-order valence-electron chi connectivity index (χ1n) is 7.98. The van der Waals surface area contributed by atoms with Crippen LogP contribution in [0, 0.1) is 6.92 Å². The minimum absolute atomic E-state index is 0.0221. The summed E-state index contributed by atoms with van der Waals surface area (Å²) in [6.45, 7) is 1.93. The Labute approximate surface area is 151 Å². The van der Waals surface area contributed by atoms with Gasteiger partial charge in [-0.2, -0.15) is 0 Å². The lowest BCUT2D eigenvalue weighted by molar-refractivity contribution is -0.117. The third kappa shape index (κ3) is 4.02. The predicted octanol–water partition coefficient (Wildman–Crippen LogP) is 0.894. The standard InChI is InChI=1S/C17H20N4O4S/c1-10-2-7-16(22)13(8-10)14-9-15(21-20-14)17(23)19-11-3-5-12(6-4-11)26(18,24)25/h2-8,14-15,20-22H,9H2,1H3,(H,19,23)(H2,18,24,25). The summed E-state index contributed by atoms with van der Waals surface area (Å²) in [5.74, 6) is -0.0926. The second-order valence-corrected chi connectivity index (χ2v) is 7.81. The van der Waals surface area contributed by atoms with Crippen LogP contribution >= 0.6 is 0 Å². The Balaban J connectivity index is 1.65. The molecule has 1 heterocycles. The lowest BCUT2D eigenvalue weighted by Gasteiger charge is -2.13. The number of hydrogen-bond acceptors (Lipinski definition) is 6. The summed E-state index contributed by atoms with van der Waals surface area (Å²) >= 11 is 0. The fourth-order valence-corrected chi connectivity index (χ4v) is 3.36. The summed E-state index contributed by atoms with van der Waals surface area (Å²) in [6.07, 6.45) is 0.456. The molecule has 9 heteroatoms. The highest BCUT2D eigenvalue weighted by molar-refractivity contribution is 7.89. The zero-order chi connectivity index (χ0) is 18.9. The van der Waals surface area contributed by atoms with Gasteiger partial charge in [-0.3, -0.25) is 4.79 Å². The molecule has 0 saturated carbocycles. The van der Waals surface area contributed by atoms with Crippen molar-refractivity contribution in [2.75, 3.05) is 5.32 Å². The van der Waals surface area contributed by atoms with Crippen molar-refractivity contribution in [2.45, 2.75) is 30.3 Å². The maximum absolute atomic E-state index is 12.4. The third-order valence-electron chi connectivity index (χ3n) is 4.23. The number of phenolic OH excluding ortho intramolecular Hbond substituents is 1. The molecule has 26 heavy (non-hydrogen) atoms. The molecule has 1 fully saturated rings. The van der Waals surface area contributed by atoms with Gasteiger partial charge in [0.25, 0.3) is 0 Å². The molecule has 1 aliphatic rings. The first-order valence-corrected chi connectivity index (χ1v) is 9.53. The highest BCUT2D eigenvalue weighted by atomic mass is 32.2. The van der Waals surface area contributed by atoms with E-state index in [1.165, 1.54) is 24.3 Å². The number of amides is 1. The summed E-state index contributed by atoms with van der Waals surface area (Å²) in [6, 6.07) is 10.2. The Kier molecular flexibility index (Phi) is 4.97. The van der Waals surface area contributed by atoms with E-state index in [0.29, 0.717) is 12.1 Å². The van der Waals surface area contributed by atoms with Crippen LogP contribution in [0.2, 0.25) is 0 Å². The molecule has 2 aromatic carbocycles. The van der Waals surface area contributed by atoms with Gasteiger partial charge in [0.15, 0.2) is 0 Å². The third-order valence-corrected chi connectivity index (χ3v) is 5.16. The number of carbonyl (C=O) groups excluding carboxylic acids is 1. The molecule has 2 atom stereocenters. The highest BCUT2D eigenvalue weighted by Crippen LogP contribution is 2.30. The molecule has 6 N–H and O–H groups in total. The SMILES string of the molecule is Cc1ccc(O)c(C2CC(C(=O)Nc3ccc(S(N)(=O)=O)cc3)NN2)c1. The Morgan fingerprint density at radius 1 is 1.19 bits per heavy atom. The van der Waals surface area contributed by atoms with E-state index in [9.17, 15) is 18.3 Å². The van der Waals surface area contributed by atoms with Crippen molar-refractivity contribution in [3.8, 4) is 5.75 Å². The molecule has 0 spiro atoms. The molecule has 1 amide bonds. The Hall–Kier alpha value is -2.46. The van der Waals surface area contributed by atoms with Gasteiger partial charge in [0.05, 0.1) is 10.9 Å². The number of primary sulfonamides is 1. The quantitative estimate of drug-likeness (QED) is 0.538. The van der Waals surface area contributed by atoms with Crippen molar-refractivity contribution in [2.24, 2.45) is 5.14 Å². The van der Waals surface area contributed by atoms with E-state index in [0.717, 1.165) is 11.1 Å². The Morgan fingerprint density at radius 2 is 1.88 bits per heavy atom. The summed E-state index contributed by atoms with van der Waals surface area (Å²) in [5.41, 5.74) is 8.15. The summed E-state index contributed by atoms with van der Waals surface area (Å²) in [7, 11) is -3.77. The number of aryl methyl sites for hydroxylation is 1. The molecule has 138 valence electrons. The van der Waals surface area contributed by atoms with Gasteiger partial charge in [-0.1, -0.05) is 17.7 Å². The molecule has 1 saturated heterocycles. The van der Waals surface area contributed by atoms with Crippen molar-refractivity contribution < 1.29 is 18.3 Å². The van der Waals surface area contributed by atoms with Crippen LogP contribution in [-0.4, -0.2) is 25.5 Å². The van der Waals surface area contributed by atoms with Gasteiger partial charge in [0, 0.05) is 11.3 Å². The average molecular weight is 376 g/mol. The van der Waals surface area contributed by atoms with Crippen LogP contribution in [0.4, 0.5) is 5.69 Å². The van der Waals surface area contributed by atoms with Gasteiger partial charge in [-0.25, -0.2) is 24.4 Å². The van der Waals surface area contributed by atoms with E-state index in [4.69, 9.17) is 5.14 Å².